The average Bonchev–Trinajstić information content (AvgIpc) is 2.29. The number of methoxy groups -OCH3 is 2. The molecule has 0 spiro atoms. The summed E-state index contributed by atoms with van der Waals surface area (Å²) >= 11 is 6.08. The second kappa shape index (κ2) is 5.48. The minimum Gasteiger partial charge on any atom is -0.493 e. The van der Waals surface area contributed by atoms with E-state index in [1.165, 1.54) is 14.2 Å². The highest BCUT2D eigenvalue weighted by atomic mass is 35.5. The molecular formula is C13H18ClNO3. The molecule has 0 aliphatic carbocycles. The zero-order chi connectivity index (χ0) is 13.9. The first-order chi connectivity index (χ1) is 8.29. The molecule has 0 saturated carbocycles. The molecule has 0 bridgehead atoms. The van der Waals surface area contributed by atoms with Gasteiger partial charge in [0, 0.05) is 17.5 Å². The maximum Gasteiger partial charge on any atom is 0.229 e. The fourth-order valence-electron chi connectivity index (χ4n) is 1.26. The molecule has 1 aromatic rings. The van der Waals surface area contributed by atoms with Crippen LogP contribution in [0.2, 0.25) is 5.02 Å². The van der Waals surface area contributed by atoms with E-state index in [2.05, 4.69) is 5.32 Å². The summed E-state index contributed by atoms with van der Waals surface area (Å²) in [5, 5.41) is 3.18. The number of rotatable bonds is 3. The van der Waals surface area contributed by atoms with E-state index in [1.54, 1.807) is 12.1 Å². The number of nitrogens with one attached hydrogen (secondary N) is 1. The molecule has 0 aromatic heterocycles. The zero-order valence-electron chi connectivity index (χ0n) is 11.3. The largest absolute Gasteiger partial charge is 0.493 e. The number of amides is 1. The van der Waals surface area contributed by atoms with E-state index in [0.29, 0.717) is 22.2 Å². The minimum absolute atomic E-state index is 0.114. The first-order valence-corrected chi connectivity index (χ1v) is 5.90. The Labute approximate surface area is 112 Å². The van der Waals surface area contributed by atoms with Crippen molar-refractivity contribution in [2.45, 2.75) is 20.8 Å². The molecule has 1 aromatic carbocycles. The topological polar surface area (TPSA) is 47.6 Å². The molecule has 5 heteroatoms. The SMILES string of the molecule is COc1cc(Cl)c(NC(=O)C(C)(C)C)cc1OC. The number of halogens is 1. The molecule has 1 rings (SSSR count). The fourth-order valence-corrected chi connectivity index (χ4v) is 1.46. The Hall–Kier alpha value is -1.42. The standard InChI is InChI=1S/C13H18ClNO3/c1-13(2,3)12(16)15-9-7-11(18-5)10(17-4)6-8(9)14/h6-7H,1-5H3,(H,15,16). The number of benzene rings is 1. The molecule has 100 valence electrons. The van der Waals surface area contributed by atoms with Crippen molar-refractivity contribution < 1.29 is 14.3 Å². The number of ether oxygens (including phenoxy) is 2. The third kappa shape index (κ3) is 3.29. The summed E-state index contributed by atoms with van der Waals surface area (Å²) in [7, 11) is 3.06. The molecule has 18 heavy (non-hydrogen) atoms. The first kappa shape index (κ1) is 14.6. The molecule has 0 saturated heterocycles. The summed E-state index contributed by atoms with van der Waals surface area (Å²) in [6.45, 7) is 5.49. The molecule has 1 amide bonds. The quantitative estimate of drug-likeness (QED) is 0.917. The number of carbonyl (C=O) groups excluding carboxylic acids is 1. The van der Waals surface area contributed by atoms with Gasteiger partial charge in [0.2, 0.25) is 5.91 Å². The van der Waals surface area contributed by atoms with Crippen LogP contribution in [0.25, 0.3) is 0 Å². The summed E-state index contributed by atoms with van der Waals surface area (Å²) in [4.78, 5) is 11.9. The van der Waals surface area contributed by atoms with Crippen molar-refractivity contribution in [1.29, 1.82) is 0 Å². The second-order valence-electron chi connectivity index (χ2n) is 4.89. The fraction of sp³-hybridized carbons (Fsp3) is 0.462. The zero-order valence-corrected chi connectivity index (χ0v) is 12.0. The summed E-state index contributed by atoms with van der Waals surface area (Å²) in [5.74, 6) is 0.930. The normalized spacial score (nSPS) is 11.0. The predicted molar refractivity (Wildman–Crippen MR) is 72.6 cm³/mol. The highest BCUT2D eigenvalue weighted by molar-refractivity contribution is 6.34. The molecule has 0 heterocycles. The van der Waals surface area contributed by atoms with E-state index in [0.717, 1.165) is 0 Å². The van der Waals surface area contributed by atoms with Crippen molar-refractivity contribution in [1.82, 2.24) is 0 Å². The Kier molecular flexibility index (Phi) is 4.46. The third-order valence-corrected chi connectivity index (χ3v) is 2.72. The van der Waals surface area contributed by atoms with Crippen LogP contribution >= 0.6 is 11.6 Å². The molecule has 0 fully saturated rings. The minimum atomic E-state index is -0.490. The molecule has 0 atom stereocenters. The van der Waals surface area contributed by atoms with Gasteiger partial charge >= 0.3 is 0 Å². The van der Waals surface area contributed by atoms with Crippen molar-refractivity contribution in [3.05, 3.63) is 17.2 Å². The van der Waals surface area contributed by atoms with Crippen LogP contribution in [0.4, 0.5) is 5.69 Å². The van der Waals surface area contributed by atoms with Crippen molar-refractivity contribution in [3.8, 4) is 11.5 Å². The Morgan fingerprint density at radius 3 is 2.11 bits per heavy atom. The van der Waals surface area contributed by atoms with Crippen LogP contribution in [-0.2, 0) is 4.79 Å². The first-order valence-electron chi connectivity index (χ1n) is 5.52. The van der Waals surface area contributed by atoms with Crippen LogP contribution in [0.3, 0.4) is 0 Å². The van der Waals surface area contributed by atoms with Crippen molar-refractivity contribution in [2.75, 3.05) is 19.5 Å². The van der Waals surface area contributed by atoms with E-state index in [9.17, 15) is 4.79 Å². The molecule has 0 unspecified atom stereocenters. The van der Waals surface area contributed by atoms with Crippen molar-refractivity contribution >= 4 is 23.2 Å². The Balaban J connectivity index is 3.07. The van der Waals surface area contributed by atoms with Gasteiger partial charge in [-0.05, 0) is 0 Å². The van der Waals surface area contributed by atoms with Crippen LogP contribution in [0.5, 0.6) is 11.5 Å². The van der Waals surface area contributed by atoms with Gasteiger partial charge in [0.05, 0.1) is 24.9 Å². The molecule has 0 aliphatic heterocycles. The summed E-state index contributed by atoms with van der Waals surface area (Å²) in [5.41, 5.74) is 0.0190. The number of carbonyl (C=O) groups is 1. The summed E-state index contributed by atoms with van der Waals surface area (Å²) < 4.78 is 10.3. The highest BCUT2D eigenvalue weighted by Gasteiger charge is 2.22. The van der Waals surface area contributed by atoms with Crippen LogP contribution in [0, 0.1) is 5.41 Å². The lowest BCUT2D eigenvalue weighted by atomic mass is 9.95. The van der Waals surface area contributed by atoms with Gasteiger partial charge in [0.1, 0.15) is 0 Å². The lowest BCUT2D eigenvalue weighted by Crippen LogP contribution is -2.27. The number of anilines is 1. The lowest BCUT2D eigenvalue weighted by Gasteiger charge is -2.19. The Morgan fingerprint density at radius 1 is 1.17 bits per heavy atom. The Morgan fingerprint density at radius 2 is 1.67 bits per heavy atom. The molecule has 0 aliphatic rings. The van der Waals surface area contributed by atoms with Crippen LogP contribution in [0.15, 0.2) is 12.1 Å². The highest BCUT2D eigenvalue weighted by Crippen LogP contribution is 2.36. The van der Waals surface area contributed by atoms with Gasteiger partial charge in [-0.2, -0.15) is 0 Å². The van der Waals surface area contributed by atoms with Crippen LogP contribution < -0.4 is 14.8 Å². The maximum atomic E-state index is 11.9. The van der Waals surface area contributed by atoms with Crippen molar-refractivity contribution in [2.24, 2.45) is 5.41 Å². The van der Waals surface area contributed by atoms with Gasteiger partial charge < -0.3 is 14.8 Å². The summed E-state index contributed by atoms with van der Waals surface area (Å²) in [6.07, 6.45) is 0. The lowest BCUT2D eigenvalue weighted by molar-refractivity contribution is -0.123. The smallest absolute Gasteiger partial charge is 0.229 e. The average molecular weight is 272 g/mol. The van der Waals surface area contributed by atoms with Gasteiger partial charge in [-0.25, -0.2) is 0 Å². The van der Waals surface area contributed by atoms with E-state index < -0.39 is 5.41 Å². The van der Waals surface area contributed by atoms with Gasteiger partial charge in [-0.3, -0.25) is 4.79 Å². The molecule has 4 nitrogen and oxygen atoms in total. The van der Waals surface area contributed by atoms with E-state index in [1.807, 2.05) is 20.8 Å². The number of hydrogen-bond donors (Lipinski definition) is 1. The van der Waals surface area contributed by atoms with E-state index in [-0.39, 0.29) is 5.91 Å². The monoisotopic (exact) mass is 271 g/mol. The van der Waals surface area contributed by atoms with E-state index >= 15 is 0 Å². The molecule has 0 radical (unpaired) electrons. The molecule has 1 N–H and O–H groups in total. The predicted octanol–water partition coefficient (Wildman–Crippen LogP) is 3.34. The van der Waals surface area contributed by atoms with Crippen LogP contribution in [0.1, 0.15) is 20.8 Å². The number of hydrogen-bond acceptors (Lipinski definition) is 3. The van der Waals surface area contributed by atoms with Crippen molar-refractivity contribution in [3.63, 3.8) is 0 Å². The van der Waals surface area contributed by atoms with Gasteiger partial charge in [-0.1, -0.05) is 32.4 Å². The maximum absolute atomic E-state index is 11.9. The third-order valence-electron chi connectivity index (χ3n) is 2.40. The van der Waals surface area contributed by atoms with E-state index in [4.69, 9.17) is 21.1 Å². The molecular weight excluding hydrogens is 254 g/mol. The van der Waals surface area contributed by atoms with Gasteiger partial charge in [-0.15, -0.1) is 0 Å². The van der Waals surface area contributed by atoms with Crippen LogP contribution in [-0.4, -0.2) is 20.1 Å². The van der Waals surface area contributed by atoms with Gasteiger partial charge in [0.15, 0.2) is 11.5 Å². The summed E-state index contributed by atoms with van der Waals surface area (Å²) in [6, 6.07) is 3.25. The van der Waals surface area contributed by atoms with Gasteiger partial charge in [0.25, 0.3) is 0 Å². The second-order valence-corrected chi connectivity index (χ2v) is 5.30. The Bertz CT molecular complexity index is 452.